The fourth-order valence-corrected chi connectivity index (χ4v) is 3.15. The highest BCUT2D eigenvalue weighted by Crippen LogP contribution is 2.09. The number of nitrogens with zero attached hydrogens (tertiary/aromatic N) is 2. The average Bonchev–Trinajstić information content (AvgIpc) is 2.79. The molecule has 188 valence electrons. The van der Waals surface area contributed by atoms with Gasteiger partial charge in [-0.25, -0.2) is 14.4 Å². The van der Waals surface area contributed by atoms with Gasteiger partial charge in [0.15, 0.2) is 0 Å². The van der Waals surface area contributed by atoms with Gasteiger partial charge in [-0.2, -0.15) is 0 Å². The summed E-state index contributed by atoms with van der Waals surface area (Å²) in [5, 5.41) is 5.05. The molecule has 0 saturated carbocycles. The van der Waals surface area contributed by atoms with E-state index in [0.717, 1.165) is 5.56 Å². The lowest BCUT2D eigenvalue weighted by Crippen LogP contribution is -2.58. The first-order valence-electron chi connectivity index (χ1n) is 11.2. The molecule has 2 N–H and O–H groups in total. The highest BCUT2D eigenvalue weighted by atomic mass is 16.6. The SMILES string of the molecule is CCOC(=O)N1CCN(C(=O)C(CNC(=O)OC(C)(C)C)NC(=O)OCc2ccccc2)CC1. The minimum atomic E-state index is -1.08. The molecule has 1 saturated heterocycles. The molecule has 11 nitrogen and oxygen atoms in total. The summed E-state index contributed by atoms with van der Waals surface area (Å²) in [6, 6.07) is 8.03. The zero-order valence-corrected chi connectivity index (χ0v) is 20.2. The molecule has 4 amide bonds. The van der Waals surface area contributed by atoms with Gasteiger partial charge in [-0.15, -0.1) is 0 Å². The molecule has 1 fully saturated rings. The summed E-state index contributed by atoms with van der Waals surface area (Å²) in [6.45, 7) is 8.13. The third-order valence-electron chi connectivity index (χ3n) is 4.77. The molecule has 11 heteroatoms. The maximum Gasteiger partial charge on any atom is 0.409 e. The zero-order valence-electron chi connectivity index (χ0n) is 20.2. The number of nitrogens with one attached hydrogen (secondary N) is 2. The van der Waals surface area contributed by atoms with Crippen molar-refractivity contribution in [1.29, 1.82) is 0 Å². The molecule has 1 unspecified atom stereocenters. The predicted octanol–water partition coefficient (Wildman–Crippen LogP) is 2.11. The molecule has 0 aliphatic carbocycles. The number of ether oxygens (including phenoxy) is 3. The molecule has 34 heavy (non-hydrogen) atoms. The van der Waals surface area contributed by atoms with Gasteiger partial charge in [0, 0.05) is 26.2 Å². The molecule has 0 spiro atoms. The Morgan fingerprint density at radius 2 is 1.56 bits per heavy atom. The van der Waals surface area contributed by atoms with Crippen LogP contribution < -0.4 is 10.6 Å². The number of amides is 4. The summed E-state index contributed by atoms with van der Waals surface area (Å²) in [4.78, 5) is 52.5. The maximum atomic E-state index is 13.1. The third kappa shape index (κ3) is 9.16. The van der Waals surface area contributed by atoms with Crippen molar-refractivity contribution < 1.29 is 33.4 Å². The first kappa shape index (κ1) is 26.7. The van der Waals surface area contributed by atoms with Crippen LogP contribution in [-0.2, 0) is 25.6 Å². The minimum absolute atomic E-state index is 0.0330. The van der Waals surface area contributed by atoms with Crippen LogP contribution in [0.3, 0.4) is 0 Å². The Balaban J connectivity index is 1.97. The molecule has 0 bridgehead atoms. The fraction of sp³-hybridized carbons (Fsp3) is 0.565. The Hall–Kier alpha value is -3.50. The molecular weight excluding hydrogens is 444 g/mol. The van der Waals surface area contributed by atoms with Crippen molar-refractivity contribution in [3.05, 3.63) is 35.9 Å². The summed E-state index contributed by atoms with van der Waals surface area (Å²) in [5.74, 6) is -0.406. The Morgan fingerprint density at radius 3 is 2.15 bits per heavy atom. The van der Waals surface area contributed by atoms with Crippen LogP contribution in [0.4, 0.5) is 14.4 Å². The number of rotatable bonds is 7. The molecule has 1 atom stereocenters. The van der Waals surface area contributed by atoms with Gasteiger partial charge in [0.1, 0.15) is 18.2 Å². The molecule has 1 aliphatic rings. The lowest BCUT2D eigenvalue weighted by molar-refractivity contribution is -0.134. The molecule has 0 aromatic heterocycles. The van der Waals surface area contributed by atoms with Crippen LogP contribution in [-0.4, -0.2) is 85.0 Å². The number of piperazine rings is 1. The standard InChI is InChI=1S/C23H34N4O7/c1-5-32-22(31)27-13-11-26(12-14-27)19(28)18(15-24-20(29)34-23(2,3)4)25-21(30)33-16-17-9-7-6-8-10-17/h6-10,18H,5,11-16H2,1-4H3,(H,24,29)(H,25,30). The first-order chi connectivity index (χ1) is 16.1. The summed E-state index contributed by atoms with van der Waals surface area (Å²) >= 11 is 0. The van der Waals surface area contributed by atoms with E-state index < -0.39 is 35.8 Å². The van der Waals surface area contributed by atoms with E-state index in [2.05, 4.69) is 10.6 Å². The third-order valence-corrected chi connectivity index (χ3v) is 4.77. The molecule has 1 aromatic rings. The number of hydrogen-bond donors (Lipinski definition) is 2. The summed E-state index contributed by atoms with van der Waals surface area (Å²) in [5.41, 5.74) is 0.0807. The van der Waals surface area contributed by atoms with E-state index in [0.29, 0.717) is 13.1 Å². The highest BCUT2D eigenvalue weighted by molar-refractivity contribution is 5.86. The van der Waals surface area contributed by atoms with Crippen molar-refractivity contribution in [3.63, 3.8) is 0 Å². The zero-order chi connectivity index (χ0) is 25.1. The van der Waals surface area contributed by atoms with Crippen LogP contribution in [0.2, 0.25) is 0 Å². The molecular formula is C23H34N4O7. The number of hydrogen-bond acceptors (Lipinski definition) is 7. The van der Waals surface area contributed by atoms with Crippen molar-refractivity contribution in [2.45, 2.75) is 45.9 Å². The second-order valence-electron chi connectivity index (χ2n) is 8.65. The molecule has 0 radical (unpaired) electrons. The lowest BCUT2D eigenvalue weighted by atomic mass is 10.2. The second kappa shape index (κ2) is 12.7. The Labute approximate surface area is 199 Å². The van der Waals surface area contributed by atoms with Crippen molar-refractivity contribution in [2.75, 3.05) is 39.3 Å². The van der Waals surface area contributed by atoms with Gasteiger partial charge in [-0.1, -0.05) is 30.3 Å². The number of carbonyl (C=O) groups excluding carboxylic acids is 4. The van der Waals surface area contributed by atoms with E-state index in [9.17, 15) is 19.2 Å². The van der Waals surface area contributed by atoms with Gasteiger partial charge in [-0.3, -0.25) is 4.79 Å². The predicted molar refractivity (Wildman–Crippen MR) is 123 cm³/mol. The van der Waals surface area contributed by atoms with Gasteiger partial charge in [0.25, 0.3) is 0 Å². The van der Waals surface area contributed by atoms with E-state index in [1.54, 1.807) is 27.7 Å². The number of carbonyl (C=O) groups is 4. The van der Waals surface area contributed by atoms with E-state index in [4.69, 9.17) is 14.2 Å². The summed E-state index contributed by atoms with van der Waals surface area (Å²) in [6.07, 6.45) is -1.93. The Kier molecular flexibility index (Phi) is 9.96. The van der Waals surface area contributed by atoms with Crippen molar-refractivity contribution >= 4 is 24.2 Å². The maximum absolute atomic E-state index is 13.1. The van der Waals surface area contributed by atoms with Gasteiger partial charge in [-0.05, 0) is 33.3 Å². The van der Waals surface area contributed by atoms with Crippen molar-refractivity contribution in [2.24, 2.45) is 0 Å². The van der Waals surface area contributed by atoms with Crippen molar-refractivity contribution in [3.8, 4) is 0 Å². The second-order valence-corrected chi connectivity index (χ2v) is 8.65. The van der Waals surface area contributed by atoms with E-state index in [1.165, 1.54) is 9.80 Å². The summed E-state index contributed by atoms with van der Waals surface area (Å²) < 4.78 is 15.4. The Morgan fingerprint density at radius 1 is 0.941 bits per heavy atom. The molecule has 1 heterocycles. The van der Waals surface area contributed by atoms with E-state index >= 15 is 0 Å². The largest absolute Gasteiger partial charge is 0.450 e. The van der Waals surface area contributed by atoms with E-state index in [-0.39, 0.29) is 32.8 Å². The Bertz CT molecular complexity index is 833. The molecule has 1 aromatic carbocycles. The van der Waals surface area contributed by atoms with Gasteiger partial charge < -0.3 is 34.6 Å². The van der Waals surface area contributed by atoms with Gasteiger partial charge in [0.05, 0.1) is 13.2 Å². The van der Waals surface area contributed by atoms with E-state index in [1.807, 2.05) is 30.3 Å². The van der Waals surface area contributed by atoms with Crippen LogP contribution in [0.15, 0.2) is 30.3 Å². The summed E-state index contributed by atoms with van der Waals surface area (Å²) in [7, 11) is 0. The minimum Gasteiger partial charge on any atom is -0.450 e. The smallest absolute Gasteiger partial charge is 0.409 e. The quantitative estimate of drug-likeness (QED) is 0.575. The first-order valence-corrected chi connectivity index (χ1v) is 11.2. The van der Waals surface area contributed by atoms with Crippen molar-refractivity contribution in [1.82, 2.24) is 20.4 Å². The van der Waals surface area contributed by atoms with Crippen LogP contribution in [0.5, 0.6) is 0 Å². The monoisotopic (exact) mass is 478 g/mol. The lowest BCUT2D eigenvalue weighted by Gasteiger charge is -2.35. The highest BCUT2D eigenvalue weighted by Gasteiger charge is 2.31. The van der Waals surface area contributed by atoms with Gasteiger partial charge in [0.2, 0.25) is 5.91 Å². The molecule has 1 aliphatic heterocycles. The van der Waals surface area contributed by atoms with Crippen LogP contribution in [0.25, 0.3) is 0 Å². The molecule has 2 rings (SSSR count). The van der Waals surface area contributed by atoms with Crippen LogP contribution >= 0.6 is 0 Å². The average molecular weight is 479 g/mol. The van der Waals surface area contributed by atoms with Crippen LogP contribution in [0, 0.1) is 0 Å². The number of alkyl carbamates (subject to hydrolysis) is 2. The normalized spacial score (nSPS) is 14.6. The van der Waals surface area contributed by atoms with Gasteiger partial charge >= 0.3 is 18.3 Å². The topological polar surface area (TPSA) is 127 Å². The fourth-order valence-electron chi connectivity index (χ4n) is 3.15. The number of benzene rings is 1. The van der Waals surface area contributed by atoms with Crippen LogP contribution in [0.1, 0.15) is 33.3 Å².